The number of aromatic nitrogens is 2. The second kappa shape index (κ2) is 11.5. The van der Waals surface area contributed by atoms with E-state index in [1.54, 1.807) is 67.2 Å². The number of pyridine rings is 1. The molecular formula is C27H31N3O5. The van der Waals surface area contributed by atoms with Crippen LogP contribution in [-0.4, -0.2) is 52.4 Å². The largest absolute Gasteiger partial charge is 0.497 e. The Balaban J connectivity index is 1.99. The maximum atomic E-state index is 13.6. The van der Waals surface area contributed by atoms with Crippen LogP contribution in [0.5, 0.6) is 5.75 Å². The molecule has 0 saturated carbocycles. The molecule has 0 bridgehead atoms. The average Bonchev–Trinajstić information content (AvgIpc) is 3.13. The minimum absolute atomic E-state index is 0.157. The van der Waals surface area contributed by atoms with Crippen LogP contribution in [0.1, 0.15) is 61.9 Å². The molecule has 0 unspecified atom stereocenters. The van der Waals surface area contributed by atoms with Crippen molar-refractivity contribution in [3.05, 3.63) is 82.4 Å². The third-order valence-corrected chi connectivity index (χ3v) is 5.89. The van der Waals surface area contributed by atoms with Crippen molar-refractivity contribution in [3.63, 3.8) is 0 Å². The summed E-state index contributed by atoms with van der Waals surface area (Å²) in [4.78, 5) is 45.3. The Labute approximate surface area is 205 Å². The standard InChI is InChI=1S/C27H31N3O5/c1-6-30-19(4)24(18(3)25(30)27(33)35-7-2)23(31)17-29(16-20-11-13-28-14-12-20)26(32)21-9-8-10-22(15-21)34-5/h8-15H,6-7,16-17H2,1-5H3. The van der Waals surface area contributed by atoms with E-state index in [2.05, 4.69) is 4.98 Å². The van der Waals surface area contributed by atoms with E-state index in [1.807, 2.05) is 13.8 Å². The number of esters is 1. The lowest BCUT2D eigenvalue weighted by Gasteiger charge is -2.23. The molecule has 0 N–H and O–H groups in total. The fraction of sp³-hybridized carbons (Fsp3) is 0.333. The van der Waals surface area contributed by atoms with E-state index in [0.717, 1.165) is 5.56 Å². The van der Waals surface area contributed by atoms with Crippen LogP contribution in [0, 0.1) is 13.8 Å². The Morgan fingerprint density at radius 3 is 2.40 bits per heavy atom. The van der Waals surface area contributed by atoms with Crippen molar-refractivity contribution in [2.45, 2.75) is 40.8 Å². The van der Waals surface area contributed by atoms with E-state index in [-0.39, 0.29) is 31.4 Å². The lowest BCUT2D eigenvalue weighted by Crippen LogP contribution is -2.35. The molecule has 1 aromatic carbocycles. The molecule has 8 nitrogen and oxygen atoms in total. The van der Waals surface area contributed by atoms with Crippen molar-refractivity contribution < 1.29 is 23.9 Å². The molecule has 0 aliphatic carbocycles. The summed E-state index contributed by atoms with van der Waals surface area (Å²) in [6, 6.07) is 10.4. The summed E-state index contributed by atoms with van der Waals surface area (Å²) >= 11 is 0. The van der Waals surface area contributed by atoms with Gasteiger partial charge in [0.1, 0.15) is 11.4 Å². The van der Waals surface area contributed by atoms with E-state index in [4.69, 9.17) is 9.47 Å². The van der Waals surface area contributed by atoms with Gasteiger partial charge in [0.25, 0.3) is 5.91 Å². The number of benzene rings is 1. The molecule has 0 atom stereocenters. The van der Waals surface area contributed by atoms with Gasteiger partial charge in [0.2, 0.25) is 0 Å². The van der Waals surface area contributed by atoms with Gasteiger partial charge in [-0.15, -0.1) is 0 Å². The molecular weight excluding hydrogens is 446 g/mol. The zero-order chi connectivity index (χ0) is 25.5. The highest BCUT2D eigenvalue weighted by Crippen LogP contribution is 2.25. The van der Waals surface area contributed by atoms with Crippen molar-refractivity contribution in [2.75, 3.05) is 20.3 Å². The molecule has 0 saturated heterocycles. The summed E-state index contributed by atoms with van der Waals surface area (Å²) in [6.07, 6.45) is 3.29. The molecule has 0 aliphatic heterocycles. The van der Waals surface area contributed by atoms with E-state index in [1.165, 1.54) is 12.0 Å². The SMILES string of the molecule is CCOC(=O)c1c(C)c(C(=O)CN(Cc2ccncc2)C(=O)c2cccc(OC)c2)c(C)n1CC. The van der Waals surface area contributed by atoms with Gasteiger partial charge in [0, 0.05) is 42.3 Å². The lowest BCUT2D eigenvalue weighted by molar-refractivity contribution is 0.0512. The fourth-order valence-corrected chi connectivity index (χ4v) is 4.26. The molecule has 2 aromatic heterocycles. The number of hydrogen-bond donors (Lipinski definition) is 0. The second-order valence-electron chi connectivity index (χ2n) is 8.07. The van der Waals surface area contributed by atoms with Crippen molar-refractivity contribution in [1.29, 1.82) is 0 Å². The number of ketones is 1. The number of carbonyl (C=O) groups is 3. The number of nitrogens with zero attached hydrogens (tertiary/aromatic N) is 3. The third kappa shape index (κ3) is 5.59. The predicted octanol–water partition coefficient (Wildman–Crippen LogP) is 4.23. The topological polar surface area (TPSA) is 90.7 Å². The summed E-state index contributed by atoms with van der Waals surface area (Å²) in [5.41, 5.74) is 3.30. The van der Waals surface area contributed by atoms with Gasteiger partial charge in [-0.2, -0.15) is 0 Å². The first-order valence-corrected chi connectivity index (χ1v) is 11.5. The predicted molar refractivity (Wildman–Crippen MR) is 132 cm³/mol. The van der Waals surface area contributed by atoms with Crippen LogP contribution in [-0.2, 0) is 17.8 Å². The van der Waals surface area contributed by atoms with Gasteiger partial charge in [-0.05, 0) is 69.2 Å². The molecule has 3 aromatic rings. The first kappa shape index (κ1) is 25.7. The number of amides is 1. The molecule has 0 radical (unpaired) electrons. The number of carbonyl (C=O) groups excluding carboxylic acids is 3. The third-order valence-electron chi connectivity index (χ3n) is 5.89. The monoisotopic (exact) mass is 477 g/mol. The number of hydrogen-bond acceptors (Lipinski definition) is 6. The quantitative estimate of drug-likeness (QED) is 0.321. The highest BCUT2D eigenvalue weighted by Gasteiger charge is 2.29. The van der Waals surface area contributed by atoms with Gasteiger partial charge in [-0.25, -0.2) is 4.79 Å². The number of ether oxygens (including phenoxy) is 2. The van der Waals surface area contributed by atoms with Gasteiger partial charge < -0.3 is 18.9 Å². The zero-order valence-electron chi connectivity index (χ0n) is 20.8. The van der Waals surface area contributed by atoms with Crippen LogP contribution in [0.15, 0.2) is 48.8 Å². The normalized spacial score (nSPS) is 10.7. The Kier molecular flexibility index (Phi) is 8.41. The molecule has 8 heteroatoms. The Morgan fingerprint density at radius 1 is 1.06 bits per heavy atom. The summed E-state index contributed by atoms with van der Waals surface area (Å²) in [7, 11) is 1.53. The highest BCUT2D eigenvalue weighted by molar-refractivity contribution is 6.06. The number of rotatable bonds is 10. The molecule has 1 amide bonds. The number of Topliss-reactive ketones (excluding diaryl/α,β-unsaturated/α-hetero) is 1. The molecule has 0 fully saturated rings. The highest BCUT2D eigenvalue weighted by atomic mass is 16.5. The molecule has 3 rings (SSSR count). The van der Waals surface area contributed by atoms with Gasteiger partial charge >= 0.3 is 5.97 Å². The first-order valence-electron chi connectivity index (χ1n) is 11.5. The van der Waals surface area contributed by atoms with Crippen molar-refractivity contribution in [3.8, 4) is 5.75 Å². The van der Waals surface area contributed by atoms with Crippen molar-refractivity contribution in [2.24, 2.45) is 0 Å². The summed E-state index contributed by atoms with van der Waals surface area (Å²) < 4.78 is 12.3. The van der Waals surface area contributed by atoms with Crippen LogP contribution in [0.4, 0.5) is 0 Å². The second-order valence-corrected chi connectivity index (χ2v) is 8.07. The first-order chi connectivity index (χ1) is 16.8. The molecule has 35 heavy (non-hydrogen) atoms. The van der Waals surface area contributed by atoms with Crippen molar-refractivity contribution in [1.82, 2.24) is 14.5 Å². The molecule has 184 valence electrons. The summed E-state index contributed by atoms with van der Waals surface area (Å²) in [5.74, 6) is -0.458. The Bertz CT molecular complexity index is 1220. The maximum Gasteiger partial charge on any atom is 0.355 e. The minimum atomic E-state index is -0.463. The van der Waals surface area contributed by atoms with Crippen LogP contribution >= 0.6 is 0 Å². The van der Waals surface area contributed by atoms with Crippen LogP contribution < -0.4 is 4.74 Å². The summed E-state index contributed by atoms with van der Waals surface area (Å²) in [6.45, 7) is 8.02. The Hall–Kier alpha value is -3.94. The van der Waals surface area contributed by atoms with Gasteiger partial charge in [-0.3, -0.25) is 14.6 Å². The van der Waals surface area contributed by atoms with Gasteiger partial charge in [-0.1, -0.05) is 6.07 Å². The molecule has 0 aliphatic rings. The molecule has 2 heterocycles. The smallest absolute Gasteiger partial charge is 0.355 e. The van der Waals surface area contributed by atoms with E-state index < -0.39 is 5.97 Å². The summed E-state index contributed by atoms with van der Waals surface area (Å²) in [5, 5.41) is 0. The Morgan fingerprint density at radius 2 is 1.77 bits per heavy atom. The van der Waals surface area contributed by atoms with Crippen molar-refractivity contribution >= 4 is 17.7 Å². The zero-order valence-corrected chi connectivity index (χ0v) is 20.8. The van der Waals surface area contributed by atoms with Crippen LogP contribution in [0.3, 0.4) is 0 Å². The fourth-order valence-electron chi connectivity index (χ4n) is 4.26. The van der Waals surface area contributed by atoms with E-state index in [9.17, 15) is 14.4 Å². The van der Waals surface area contributed by atoms with E-state index in [0.29, 0.717) is 40.4 Å². The minimum Gasteiger partial charge on any atom is -0.497 e. The number of methoxy groups -OCH3 is 1. The average molecular weight is 478 g/mol. The van der Waals surface area contributed by atoms with Gasteiger partial charge in [0.15, 0.2) is 5.78 Å². The van der Waals surface area contributed by atoms with Crippen LogP contribution in [0.2, 0.25) is 0 Å². The van der Waals surface area contributed by atoms with E-state index >= 15 is 0 Å². The maximum absolute atomic E-state index is 13.6. The molecule has 0 spiro atoms. The lowest BCUT2D eigenvalue weighted by atomic mass is 10.0. The van der Waals surface area contributed by atoms with Crippen LogP contribution in [0.25, 0.3) is 0 Å². The van der Waals surface area contributed by atoms with Gasteiger partial charge in [0.05, 0.1) is 20.3 Å².